The summed E-state index contributed by atoms with van der Waals surface area (Å²) in [6, 6.07) is -0.996. The summed E-state index contributed by atoms with van der Waals surface area (Å²) in [5.74, 6) is -0.987. The molecule has 2 rings (SSSR count). The topological polar surface area (TPSA) is 110 Å². The summed E-state index contributed by atoms with van der Waals surface area (Å²) in [6.45, 7) is 0.628. The summed E-state index contributed by atoms with van der Waals surface area (Å²) in [4.78, 5) is 31.5. The molecule has 0 aliphatic carbocycles. The minimum atomic E-state index is -4.83. The Balaban J connectivity index is 2.41. The van der Waals surface area contributed by atoms with Crippen LogP contribution in [0.5, 0.6) is 0 Å². The van der Waals surface area contributed by atoms with E-state index in [9.17, 15) is 27.9 Å². The van der Waals surface area contributed by atoms with E-state index in [-0.39, 0.29) is 4.90 Å². The van der Waals surface area contributed by atoms with Gasteiger partial charge >= 0.3 is 18.3 Å². The molecular weight excluding hydrogens is 399 g/mol. The molecule has 1 fully saturated rings. The molecule has 1 aromatic rings. The summed E-state index contributed by atoms with van der Waals surface area (Å²) >= 11 is 2.64. The van der Waals surface area contributed by atoms with Gasteiger partial charge < -0.3 is 10.0 Å². The minimum absolute atomic E-state index is 0.0680. The number of halogens is 4. The molecule has 0 unspecified atom stereocenters. The van der Waals surface area contributed by atoms with Gasteiger partial charge in [0.15, 0.2) is 11.5 Å². The van der Waals surface area contributed by atoms with E-state index < -0.39 is 40.0 Å². The zero-order valence-electron chi connectivity index (χ0n) is 12.0. The summed E-state index contributed by atoms with van der Waals surface area (Å²) in [7, 11) is 0. The molecule has 1 aromatic heterocycles. The lowest BCUT2D eigenvalue weighted by molar-refractivity contribution is -0.141. The molecule has 0 bridgehead atoms. The van der Waals surface area contributed by atoms with Gasteiger partial charge in [-0.1, -0.05) is 0 Å². The normalized spacial score (nSPS) is 14.6. The van der Waals surface area contributed by atoms with Crippen LogP contribution in [0.25, 0.3) is 0 Å². The summed E-state index contributed by atoms with van der Waals surface area (Å²) < 4.78 is 37.9. The third-order valence-electron chi connectivity index (χ3n) is 3.27. The monoisotopic (exact) mass is 409 g/mol. The molecule has 2 heterocycles. The van der Waals surface area contributed by atoms with Crippen molar-refractivity contribution in [3.8, 4) is 0 Å². The molecule has 0 atom stereocenters. The fourth-order valence-corrected chi connectivity index (χ4v) is 2.78. The van der Waals surface area contributed by atoms with E-state index in [0.29, 0.717) is 32.3 Å². The van der Waals surface area contributed by atoms with Gasteiger partial charge in [-0.05, 0) is 28.8 Å². The van der Waals surface area contributed by atoms with E-state index in [2.05, 4.69) is 25.9 Å². The summed E-state index contributed by atoms with van der Waals surface area (Å²) in [6.07, 6.45) is -4.69. The van der Waals surface area contributed by atoms with Gasteiger partial charge in [0.25, 0.3) is 0 Å². The van der Waals surface area contributed by atoms with Crippen molar-refractivity contribution >= 4 is 33.9 Å². The van der Waals surface area contributed by atoms with Crippen molar-refractivity contribution in [2.75, 3.05) is 13.1 Å². The number of rotatable bonds is 1. The number of carbonyl (C=O) groups excluding carboxylic acids is 1. The van der Waals surface area contributed by atoms with Crippen molar-refractivity contribution in [1.29, 1.82) is 5.41 Å². The van der Waals surface area contributed by atoms with E-state index in [1.165, 1.54) is 4.90 Å². The number of likely N-dealkylation sites (tertiary alicyclic amines) is 1. The van der Waals surface area contributed by atoms with Crippen LogP contribution in [0.15, 0.2) is 10.8 Å². The average Bonchev–Trinajstić information content (AvgIpc) is 2.99. The second-order valence-corrected chi connectivity index (χ2v) is 5.62. The molecule has 1 aliphatic rings. The number of hydrogen-bond donors (Lipinski definition) is 2. The number of nitrogens with zero attached hydrogens (tertiary/aromatic N) is 4. The quantitative estimate of drug-likeness (QED) is 0.547. The van der Waals surface area contributed by atoms with E-state index in [4.69, 9.17) is 5.41 Å². The third kappa shape index (κ3) is 3.47. The first kappa shape index (κ1) is 18.1. The van der Waals surface area contributed by atoms with Crippen molar-refractivity contribution in [2.45, 2.75) is 19.0 Å². The zero-order valence-corrected chi connectivity index (χ0v) is 13.6. The number of carboxylic acid groups (broad SMARTS) is 1. The number of imide groups is 1. The Kier molecular flexibility index (Phi) is 5.06. The predicted octanol–water partition coefficient (Wildman–Crippen LogP) is 2.78. The Labute approximate surface area is 141 Å². The lowest BCUT2D eigenvalue weighted by atomic mass is 10.3. The lowest BCUT2D eigenvalue weighted by Gasteiger charge is -2.24. The fourth-order valence-electron chi connectivity index (χ4n) is 2.16. The van der Waals surface area contributed by atoms with Crippen molar-refractivity contribution in [1.82, 2.24) is 19.8 Å². The number of amides is 3. The maximum absolute atomic E-state index is 12.9. The molecular formula is C12H11BrF3N5O3. The van der Waals surface area contributed by atoms with Crippen LogP contribution >= 0.6 is 15.9 Å². The van der Waals surface area contributed by atoms with Gasteiger partial charge in [-0.2, -0.15) is 18.1 Å². The number of amidine groups is 1. The zero-order chi connectivity index (χ0) is 18.1. The van der Waals surface area contributed by atoms with Gasteiger partial charge in [-0.25, -0.2) is 19.6 Å². The SMILES string of the molecule is N=C(c1ncnc(C(F)(F)F)c1Br)N(C(=O)O)C(=O)N1CCCC1. The number of nitrogens with one attached hydrogen (secondary N) is 1. The average molecular weight is 410 g/mol. The van der Waals surface area contributed by atoms with E-state index in [1.807, 2.05) is 0 Å². The second-order valence-electron chi connectivity index (χ2n) is 4.83. The van der Waals surface area contributed by atoms with E-state index in [1.54, 1.807) is 0 Å². The maximum Gasteiger partial charge on any atom is 0.434 e. The molecule has 24 heavy (non-hydrogen) atoms. The molecule has 2 N–H and O–H groups in total. The Morgan fingerprint density at radius 2 is 1.88 bits per heavy atom. The highest BCUT2D eigenvalue weighted by Crippen LogP contribution is 2.34. The molecule has 0 spiro atoms. The van der Waals surface area contributed by atoms with Gasteiger partial charge in [0.05, 0.1) is 4.47 Å². The molecule has 12 heteroatoms. The largest absolute Gasteiger partial charge is 0.464 e. The first-order valence-corrected chi connectivity index (χ1v) is 7.42. The van der Waals surface area contributed by atoms with Crippen molar-refractivity contribution in [3.63, 3.8) is 0 Å². The molecule has 1 saturated heterocycles. The van der Waals surface area contributed by atoms with Crippen molar-refractivity contribution < 1.29 is 27.9 Å². The van der Waals surface area contributed by atoms with E-state index >= 15 is 0 Å². The standard InChI is InChI=1S/C12H11BrF3N5O3/c13-6-7(18-5-19-8(6)12(14,15)16)9(17)21(11(23)24)10(22)20-3-1-2-4-20/h5,17H,1-4H2,(H,23,24). The Bertz CT molecular complexity index is 691. The smallest absolute Gasteiger partial charge is 0.434 e. The number of hydrogen-bond acceptors (Lipinski definition) is 5. The van der Waals surface area contributed by atoms with Crippen LogP contribution in [0.2, 0.25) is 0 Å². The highest BCUT2D eigenvalue weighted by molar-refractivity contribution is 9.10. The number of carbonyl (C=O) groups is 2. The molecule has 8 nitrogen and oxygen atoms in total. The minimum Gasteiger partial charge on any atom is -0.464 e. The van der Waals surface area contributed by atoms with Crippen LogP contribution in [0.4, 0.5) is 22.8 Å². The van der Waals surface area contributed by atoms with Crippen LogP contribution in [-0.2, 0) is 6.18 Å². The lowest BCUT2D eigenvalue weighted by Crippen LogP contribution is -2.48. The third-order valence-corrected chi connectivity index (χ3v) is 4.02. The number of urea groups is 1. The molecule has 0 radical (unpaired) electrons. The first-order valence-electron chi connectivity index (χ1n) is 6.63. The van der Waals surface area contributed by atoms with Crippen molar-refractivity contribution in [2.24, 2.45) is 0 Å². The Morgan fingerprint density at radius 3 is 2.38 bits per heavy atom. The number of aromatic nitrogens is 2. The van der Waals surface area contributed by atoms with Crippen LogP contribution in [0.1, 0.15) is 24.2 Å². The van der Waals surface area contributed by atoms with Gasteiger partial charge in [-0.3, -0.25) is 5.41 Å². The molecule has 1 aliphatic heterocycles. The van der Waals surface area contributed by atoms with Crippen LogP contribution < -0.4 is 0 Å². The molecule has 0 aromatic carbocycles. The Morgan fingerprint density at radius 1 is 1.29 bits per heavy atom. The van der Waals surface area contributed by atoms with Gasteiger partial charge in [-0.15, -0.1) is 0 Å². The Hall–Kier alpha value is -2.24. The summed E-state index contributed by atoms with van der Waals surface area (Å²) in [5.41, 5.74) is -2.01. The first-order chi connectivity index (χ1) is 11.1. The molecule has 130 valence electrons. The van der Waals surface area contributed by atoms with Gasteiger partial charge in [0.1, 0.15) is 12.0 Å². The summed E-state index contributed by atoms with van der Waals surface area (Å²) in [5, 5.41) is 17.1. The highest BCUT2D eigenvalue weighted by Gasteiger charge is 2.39. The van der Waals surface area contributed by atoms with Gasteiger partial charge in [0.2, 0.25) is 0 Å². The predicted molar refractivity (Wildman–Crippen MR) is 77.6 cm³/mol. The van der Waals surface area contributed by atoms with Crippen LogP contribution in [0, 0.1) is 5.41 Å². The highest BCUT2D eigenvalue weighted by atomic mass is 79.9. The number of alkyl halides is 3. The molecule has 3 amide bonds. The van der Waals surface area contributed by atoms with Crippen molar-refractivity contribution in [3.05, 3.63) is 22.2 Å². The van der Waals surface area contributed by atoms with Crippen LogP contribution in [0.3, 0.4) is 0 Å². The fraction of sp³-hybridized carbons (Fsp3) is 0.417. The molecule has 0 saturated carbocycles. The van der Waals surface area contributed by atoms with Gasteiger partial charge in [0, 0.05) is 13.1 Å². The maximum atomic E-state index is 12.9. The van der Waals surface area contributed by atoms with Crippen LogP contribution in [-0.4, -0.2) is 55.9 Å². The van der Waals surface area contributed by atoms with E-state index in [0.717, 1.165) is 0 Å². The second kappa shape index (κ2) is 6.71.